The molecule has 5 nitrogen and oxygen atoms in total. The SMILES string of the molecule is COc1ccc(CC(=O)N(C)[C@H]2C[C@H]3CC(=O)NC[C@H]3C2)cc1F. The molecular formula is C18H23FN2O3. The fraction of sp³-hybridized carbons (Fsp3) is 0.556. The van der Waals surface area contributed by atoms with Gasteiger partial charge in [0.05, 0.1) is 13.5 Å². The molecule has 1 saturated heterocycles. The summed E-state index contributed by atoms with van der Waals surface area (Å²) >= 11 is 0. The number of benzene rings is 1. The summed E-state index contributed by atoms with van der Waals surface area (Å²) in [7, 11) is 3.22. The maximum atomic E-state index is 13.8. The van der Waals surface area contributed by atoms with Crippen molar-refractivity contribution in [3.8, 4) is 5.75 Å². The Labute approximate surface area is 141 Å². The van der Waals surface area contributed by atoms with Gasteiger partial charge in [-0.3, -0.25) is 9.59 Å². The van der Waals surface area contributed by atoms with Crippen molar-refractivity contribution >= 4 is 11.8 Å². The van der Waals surface area contributed by atoms with Crippen molar-refractivity contribution in [1.82, 2.24) is 10.2 Å². The van der Waals surface area contributed by atoms with Crippen LogP contribution in [0.1, 0.15) is 24.8 Å². The van der Waals surface area contributed by atoms with E-state index >= 15 is 0 Å². The lowest BCUT2D eigenvalue weighted by atomic mass is 9.89. The number of nitrogens with zero attached hydrogens (tertiary/aromatic N) is 1. The second-order valence-corrected chi connectivity index (χ2v) is 6.80. The van der Waals surface area contributed by atoms with Crippen LogP contribution >= 0.6 is 0 Å². The lowest BCUT2D eigenvalue weighted by Gasteiger charge is -2.25. The number of likely N-dealkylation sites (N-methyl/N-ethyl adjacent to an activating group) is 1. The maximum Gasteiger partial charge on any atom is 0.226 e. The van der Waals surface area contributed by atoms with Gasteiger partial charge in [0.1, 0.15) is 0 Å². The molecule has 3 rings (SSSR count). The molecule has 0 radical (unpaired) electrons. The summed E-state index contributed by atoms with van der Waals surface area (Å²) in [5.41, 5.74) is 0.636. The molecule has 1 aromatic rings. The lowest BCUT2D eigenvalue weighted by molar-refractivity contribution is -0.131. The Morgan fingerprint density at radius 2 is 2.12 bits per heavy atom. The first kappa shape index (κ1) is 16.7. The first-order valence-corrected chi connectivity index (χ1v) is 8.32. The molecule has 0 unspecified atom stereocenters. The van der Waals surface area contributed by atoms with Gasteiger partial charge in [0.25, 0.3) is 0 Å². The minimum atomic E-state index is -0.457. The van der Waals surface area contributed by atoms with E-state index in [1.54, 1.807) is 24.1 Å². The van der Waals surface area contributed by atoms with E-state index in [1.807, 2.05) is 0 Å². The van der Waals surface area contributed by atoms with Crippen LogP contribution in [0.5, 0.6) is 5.75 Å². The Kier molecular flexibility index (Phi) is 4.73. The number of hydrogen-bond acceptors (Lipinski definition) is 3. The van der Waals surface area contributed by atoms with Crippen molar-refractivity contribution in [2.75, 3.05) is 20.7 Å². The maximum absolute atomic E-state index is 13.8. The number of carbonyl (C=O) groups excluding carboxylic acids is 2. The van der Waals surface area contributed by atoms with E-state index in [0.29, 0.717) is 30.4 Å². The van der Waals surface area contributed by atoms with Crippen molar-refractivity contribution < 1.29 is 18.7 Å². The van der Waals surface area contributed by atoms with Crippen LogP contribution in [0.15, 0.2) is 18.2 Å². The highest BCUT2D eigenvalue weighted by Crippen LogP contribution is 2.38. The van der Waals surface area contributed by atoms with Crippen molar-refractivity contribution in [1.29, 1.82) is 0 Å². The minimum Gasteiger partial charge on any atom is -0.494 e. The molecule has 0 aromatic heterocycles. The van der Waals surface area contributed by atoms with Crippen molar-refractivity contribution in [3.63, 3.8) is 0 Å². The Balaban J connectivity index is 1.61. The summed E-state index contributed by atoms with van der Waals surface area (Å²) in [6.07, 6.45) is 2.52. The molecule has 2 fully saturated rings. The molecule has 1 saturated carbocycles. The number of ether oxygens (including phenoxy) is 1. The van der Waals surface area contributed by atoms with Gasteiger partial charge in [0.2, 0.25) is 11.8 Å². The number of rotatable bonds is 4. The Morgan fingerprint density at radius 3 is 2.83 bits per heavy atom. The van der Waals surface area contributed by atoms with E-state index in [0.717, 1.165) is 12.8 Å². The summed E-state index contributed by atoms with van der Waals surface area (Å²) in [5, 5.41) is 2.90. The zero-order chi connectivity index (χ0) is 17.3. The highest BCUT2D eigenvalue weighted by molar-refractivity contribution is 5.79. The Morgan fingerprint density at radius 1 is 1.38 bits per heavy atom. The van der Waals surface area contributed by atoms with Gasteiger partial charge in [-0.1, -0.05) is 6.07 Å². The highest BCUT2D eigenvalue weighted by atomic mass is 19.1. The summed E-state index contributed by atoms with van der Waals surface area (Å²) in [5.74, 6) is 0.638. The van der Waals surface area contributed by atoms with Crippen molar-refractivity contribution in [3.05, 3.63) is 29.6 Å². The quantitative estimate of drug-likeness (QED) is 0.913. The first-order chi connectivity index (χ1) is 11.5. The third kappa shape index (κ3) is 3.37. The van der Waals surface area contributed by atoms with Crippen LogP contribution in [0.3, 0.4) is 0 Å². The van der Waals surface area contributed by atoms with Crippen LogP contribution in [0.25, 0.3) is 0 Å². The third-order valence-corrected chi connectivity index (χ3v) is 5.34. The van der Waals surface area contributed by atoms with Crippen molar-refractivity contribution in [2.24, 2.45) is 11.8 Å². The largest absolute Gasteiger partial charge is 0.494 e. The second kappa shape index (κ2) is 6.79. The zero-order valence-electron chi connectivity index (χ0n) is 14.0. The molecular weight excluding hydrogens is 311 g/mol. The molecule has 1 N–H and O–H groups in total. The van der Waals surface area contributed by atoms with Gasteiger partial charge in [-0.25, -0.2) is 4.39 Å². The number of halogens is 1. The number of nitrogens with one attached hydrogen (secondary N) is 1. The standard InChI is InChI=1S/C18H23FN2O3/c1-21(14-7-12-9-17(22)20-10-13(12)8-14)18(23)6-11-3-4-16(24-2)15(19)5-11/h3-5,12-14H,6-10H2,1-2H3,(H,20,22)/t12-,13+,14-/m0/s1. The van der Waals surface area contributed by atoms with Gasteiger partial charge >= 0.3 is 0 Å². The highest BCUT2D eigenvalue weighted by Gasteiger charge is 2.40. The van der Waals surface area contributed by atoms with Gasteiger partial charge in [0.15, 0.2) is 11.6 Å². The predicted octanol–water partition coefficient (Wildman–Crippen LogP) is 1.75. The molecule has 3 atom stereocenters. The van der Waals surface area contributed by atoms with E-state index in [2.05, 4.69) is 5.32 Å². The van der Waals surface area contributed by atoms with Crippen LogP contribution in [0.4, 0.5) is 4.39 Å². The van der Waals surface area contributed by atoms with E-state index in [9.17, 15) is 14.0 Å². The zero-order valence-corrected chi connectivity index (χ0v) is 14.0. The molecule has 130 valence electrons. The molecule has 6 heteroatoms. The van der Waals surface area contributed by atoms with Crippen LogP contribution in [0.2, 0.25) is 0 Å². The normalized spacial score (nSPS) is 25.8. The second-order valence-electron chi connectivity index (χ2n) is 6.80. The third-order valence-electron chi connectivity index (χ3n) is 5.34. The summed E-state index contributed by atoms with van der Waals surface area (Å²) in [6.45, 7) is 0.714. The first-order valence-electron chi connectivity index (χ1n) is 8.32. The number of hydrogen-bond donors (Lipinski definition) is 1. The van der Waals surface area contributed by atoms with E-state index in [1.165, 1.54) is 13.2 Å². The molecule has 0 spiro atoms. The van der Waals surface area contributed by atoms with Crippen LogP contribution in [0, 0.1) is 17.7 Å². The molecule has 1 aliphatic carbocycles. The minimum absolute atomic E-state index is 0.0255. The fourth-order valence-corrected chi connectivity index (χ4v) is 3.87. The lowest BCUT2D eigenvalue weighted by Crippen LogP contribution is -2.38. The van der Waals surface area contributed by atoms with Crippen LogP contribution < -0.4 is 10.1 Å². The molecule has 24 heavy (non-hydrogen) atoms. The summed E-state index contributed by atoms with van der Waals surface area (Å²) < 4.78 is 18.6. The average Bonchev–Trinajstić information content (AvgIpc) is 2.97. The Bertz CT molecular complexity index is 649. The summed E-state index contributed by atoms with van der Waals surface area (Å²) in [4.78, 5) is 25.8. The number of amides is 2. The molecule has 2 aliphatic rings. The number of fused-ring (bicyclic) bond motifs is 1. The number of carbonyl (C=O) groups is 2. The molecule has 0 bridgehead atoms. The van der Waals surface area contributed by atoms with Gasteiger partial charge in [0, 0.05) is 26.1 Å². The van der Waals surface area contributed by atoms with E-state index in [-0.39, 0.29) is 30.0 Å². The van der Waals surface area contributed by atoms with Gasteiger partial charge < -0.3 is 15.0 Å². The van der Waals surface area contributed by atoms with Crippen LogP contribution in [-0.2, 0) is 16.0 Å². The monoisotopic (exact) mass is 334 g/mol. The average molecular weight is 334 g/mol. The molecule has 2 amide bonds. The molecule has 1 aromatic carbocycles. The molecule has 1 heterocycles. The van der Waals surface area contributed by atoms with E-state index < -0.39 is 5.82 Å². The van der Waals surface area contributed by atoms with E-state index in [4.69, 9.17) is 4.74 Å². The number of piperidine rings is 1. The van der Waals surface area contributed by atoms with Gasteiger partial charge in [-0.2, -0.15) is 0 Å². The van der Waals surface area contributed by atoms with Crippen LogP contribution in [-0.4, -0.2) is 43.5 Å². The summed E-state index contributed by atoms with van der Waals surface area (Å²) in [6, 6.07) is 4.76. The van der Waals surface area contributed by atoms with Crippen molar-refractivity contribution in [2.45, 2.75) is 31.7 Å². The Hall–Kier alpha value is -2.11. The van der Waals surface area contributed by atoms with Gasteiger partial charge in [-0.05, 0) is 42.4 Å². The predicted molar refractivity (Wildman–Crippen MR) is 87.1 cm³/mol. The van der Waals surface area contributed by atoms with Gasteiger partial charge in [-0.15, -0.1) is 0 Å². The molecule has 1 aliphatic heterocycles. The topological polar surface area (TPSA) is 58.6 Å². The fourth-order valence-electron chi connectivity index (χ4n) is 3.87. The smallest absolute Gasteiger partial charge is 0.226 e. The number of methoxy groups -OCH3 is 1.